The predicted molar refractivity (Wildman–Crippen MR) is 60.2 cm³/mol. The van der Waals surface area contributed by atoms with E-state index in [-0.39, 0.29) is 6.17 Å². The number of thiophene rings is 1. The maximum absolute atomic E-state index is 11.1. The summed E-state index contributed by atoms with van der Waals surface area (Å²) in [5, 5.41) is 4.22. The van der Waals surface area contributed by atoms with E-state index in [2.05, 4.69) is 5.32 Å². The fraction of sp³-hybridized carbons (Fsp3) is 0.500. The minimum Gasteiger partial charge on any atom is -0.377 e. The lowest BCUT2D eigenvalue weighted by molar-refractivity contribution is -0.108. The van der Waals surface area contributed by atoms with E-state index in [4.69, 9.17) is 4.74 Å². The van der Waals surface area contributed by atoms with Crippen LogP contribution in [0.3, 0.4) is 0 Å². The Morgan fingerprint density at radius 3 is 3.07 bits per heavy atom. The van der Waals surface area contributed by atoms with Gasteiger partial charge in [0.1, 0.15) is 6.17 Å². The van der Waals surface area contributed by atoms with E-state index < -0.39 is 0 Å². The molecule has 0 bridgehead atoms. The molecule has 1 aliphatic heterocycles. The number of morpholine rings is 1. The normalized spacial score (nSPS) is 21.3. The topological polar surface area (TPSA) is 41.6 Å². The average molecular weight is 226 g/mol. The van der Waals surface area contributed by atoms with E-state index in [0.717, 1.165) is 18.0 Å². The number of aryl methyl sites for hydroxylation is 1. The van der Waals surface area contributed by atoms with Gasteiger partial charge in [0, 0.05) is 11.4 Å². The molecule has 1 aliphatic rings. The van der Waals surface area contributed by atoms with Crippen LogP contribution in [0, 0.1) is 6.92 Å². The number of amides is 1. The SMILES string of the molecule is Cc1ccc(N(C=O)C2COCCN2)s1. The largest absolute Gasteiger partial charge is 0.377 e. The van der Waals surface area contributed by atoms with Gasteiger partial charge in [-0.25, -0.2) is 0 Å². The lowest BCUT2D eigenvalue weighted by Crippen LogP contribution is -2.52. The monoisotopic (exact) mass is 226 g/mol. The summed E-state index contributed by atoms with van der Waals surface area (Å²) in [7, 11) is 0. The Bertz CT molecular complexity index is 334. The first-order chi connectivity index (χ1) is 7.31. The third-order valence-corrected chi connectivity index (χ3v) is 3.35. The van der Waals surface area contributed by atoms with E-state index in [1.807, 2.05) is 19.1 Å². The molecule has 1 amide bonds. The zero-order valence-corrected chi connectivity index (χ0v) is 9.42. The third kappa shape index (κ3) is 2.37. The molecule has 0 aromatic carbocycles. The Morgan fingerprint density at radius 2 is 2.53 bits per heavy atom. The number of nitrogens with one attached hydrogen (secondary N) is 1. The van der Waals surface area contributed by atoms with Crippen LogP contribution in [0.5, 0.6) is 0 Å². The van der Waals surface area contributed by atoms with Crippen molar-refractivity contribution in [1.29, 1.82) is 0 Å². The van der Waals surface area contributed by atoms with Crippen molar-refractivity contribution in [2.75, 3.05) is 24.7 Å². The van der Waals surface area contributed by atoms with Crippen molar-refractivity contribution in [3.8, 4) is 0 Å². The molecule has 4 nitrogen and oxygen atoms in total. The molecule has 1 fully saturated rings. The van der Waals surface area contributed by atoms with Crippen LogP contribution in [-0.4, -0.2) is 32.3 Å². The van der Waals surface area contributed by atoms with Gasteiger partial charge < -0.3 is 4.74 Å². The van der Waals surface area contributed by atoms with Gasteiger partial charge in [-0.1, -0.05) is 0 Å². The van der Waals surface area contributed by atoms with Crippen LogP contribution >= 0.6 is 11.3 Å². The highest BCUT2D eigenvalue weighted by Gasteiger charge is 2.21. The number of hydrogen-bond donors (Lipinski definition) is 1. The molecule has 5 heteroatoms. The van der Waals surface area contributed by atoms with Gasteiger partial charge in [-0.2, -0.15) is 0 Å². The van der Waals surface area contributed by atoms with Crippen molar-refractivity contribution in [3.05, 3.63) is 17.0 Å². The van der Waals surface area contributed by atoms with Gasteiger partial charge in [0.05, 0.1) is 18.2 Å². The van der Waals surface area contributed by atoms with Crippen molar-refractivity contribution in [3.63, 3.8) is 0 Å². The highest BCUT2D eigenvalue weighted by atomic mass is 32.1. The number of hydrogen-bond acceptors (Lipinski definition) is 4. The molecular formula is C10H14N2O2S. The summed E-state index contributed by atoms with van der Waals surface area (Å²) in [5.74, 6) is 0. The second-order valence-electron chi connectivity index (χ2n) is 3.44. The maximum Gasteiger partial charge on any atom is 0.216 e. The number of rotatable bonds is 3. The highest BCUT2D eigenvalue weighted by Crippen LogP contribution is 2.25. The molecule has 2 heterocycles. The fourth-order valence-electron chi connectivity index (χ4n) is 1.57. The fourth-order valence-corrected chi connectivity index (χ4v) is 2.45. The van der Waals surface area contributed by atoms with Crippen LogP contribution in [0.1, 0.15) is 4.88 Å². The molecular weight excluding hydrogens is 212 g/mol. The van der Waals surface area contributed by atoms with Gasteiger partial charge in [-0.15, -0.1) is 11.3 Å². The van der Waals surface area contributed by atoms with E-state index >= 15 is 0 Å². The van der Waals surface area contributed by atoms with Crippen LogP contribution < -0.4 is 10.2 Å². The molecule has 1 aromatic heterocycles. The molecule has 2 rings (SSSR count). The molecule has 1 aromatic rings. The number of carbonyl (C=O) groups is 1. The molecule has 0 aliphatic carbocycles. The molecule has 0 spiro atoms. The van der Waals surface area contributed by atoms with Gasteiger partial charge in [0.2, 0.25) is 6.41 Å². The number of carbonyl (C=O) groups excluding carboxylic acids is 1. The summed E-state index contributed by atoms with van der Waals surface area (Å²) < 4.78 is 5.33. The zero-order chi connectivity index (χ0) is 10.7. The van der Waals surface area contributed by atoms with Gasteiger partial charge >= 0.3 is 0 Å². The Balaban J connectivity index is 2.12. The van der Waals surface area contributed by atoms with Gasteiger partial charge in [-0.3, -0.25) is 15.0 Å². The summed E-state index contributed by atoms with van der Waals surface area (Å²) in [6.45, 7) is 4.09. The number of ether oxygens (including phenoxy) is 1. The van der Waals surface area contributed by atoms with Crippen LogP contribution in [0.2, 0.25) is 0 Å². The van der Waals surface area contributed by atoms with E-state index in [9.17, 15) is 4.79 Å². The molecule has 82 valence electrons. The van der Waals surface area contributed by atoms with Gasteiger partial charge in [0.25, 0.3) is 0 Å². The van der Waals surface area contributed by atoms with Crippen molar-refractivity contribution in [2.24, 2.45) is 0 Å². The second kappa shape index (κ2) is 4.74. The van der Waals surface area contributed by atoms with Gasteiger partial charge in [-0.05, 0) is 19.1 Å². The van der Waals surface area contributed by atoms with E-state index in [1.54, 1.807) is 16.2 Å². The Labute approximate surface area is 92.8 Å². The number of nitrogens with zero attached hydrogens (tertiary/aromatic N) is 1. The van der Waals surface area contributed by atoms with Crippen molar-refractivity contribution < 1.29 is 9.53 Å². The van der Waals surface area contributed by atoms with Crippen LogP contribution in [0.4, 0.5) is 5.00 Å². The average Bonchev–Trinajstić information content (AvgIpc) is 2.68. The molecule has 0 saturated carbocycles. The molecule has 0 radical (unpaired) electrons. The Hall–Kier alpha value is -0.910. The molecule has 15 heavy (non-hydrogen) atoms. The molecule has 1 atom stereocenters. The highest BCUT2D eigenvalue weighted by molar-refractivity contribution is 7.16. The lowest BCUT2D eigenvalue weighted by atomic mass is 10.4. The van der Waals surface area contributed by atoms with E-state index in [0.29, 0.717) is 13.2 Å². The Kier molecular flexibility index (Phi) is 3.35. The summed E-state index contributed by atoms with van der Waals surface area (Å²) in [6.07, 6.45) is 0.826. The van der Waals surface area contributed by atoms with Gasteiger partial charge in [0.15, 0.2) is 0 Å². The predicted octanol–water partition coefficient (Wildman–Crippen LogP) is 0.965. The third-order valence-electron chi connectivity index (χ3n) is 2.33. The first-order valence-electron chi connectivity index (χ1n) is 4.92. The minimum atomic E-state index is -0.0331. The lowest BCUT2D eigenvalue weighted by Gasteiger charge is -2.31. The second-order valence-corrected chi connectivity index (χ2v) is 4.71. The molecule has 1 unspecified atom stereocenters. The van der Waals surface area contributed by atoms with Crippen LogP contribution in [0.25, 0.3) is 0 Å². The van der Waals surface area contributed by atoms with Crippen LogP contribution in [-0.2, 0) is 9.53 Å². The zero-order valence-electron chi connectivity index (χ0n) is 8.60. The summed E-state index contributed by atoms with van der Waals surface area (Å²) in [5.41, 5.74) is 0. The molecule has 1 saturated heterocycles. The van der Waals surface area contributed by atoms with Crippen molar-refractivity contribution in [1.82, 2.24) is 5.32 Å². The summed E-state index contributed by atoms with van der Waals surface area (Å²) in [4.78, 5) is 13.9. The van der Waals surface area contributed by atoms with Crippen molar-refractivity contribution in [2.45, 2.75) is 13.1 Å². The van der Waals surface area contributed by atoms with E-state index in [1.165, 1.54) is 4.88 Å². The maximum atomic E-state index is 11.1. The van der Waals surface area contributed by atoms with Crippen molar-refractivity contribution >= 4 is 22.7 Å². The minimum absolute atomic E-state index is 0.0331. The van der Waals surface area contributed by atoms with Crippen LogP contribution in [0.15, 0.2) is 12.1 Å². The number of anilines is 1. The standard InChI is InChI=1S/C10H14N2O2S/c1-8-2-3-10(15-8)12(7-13)9-6-14-5-4-11-9/h2-3,7,9,11H,4-6H2,1H3. The smallest absolute Gasteiger partial charge is 0.216 e. The first kappa shape index (κ1) is 10.6. The summed E-state index contributed by atoms with van der Waals surface area (Å²) >= 11 is 1.61. The Morgan fingerprint density at radius 1 is 1.67 bits per heavy atom. The first-order valence-corrected chi connectivity index (χ1v) is 5.74. The molecule has 1 N–H and O–H groups in total. The summed E-state index contributed by atoms with van der Waals surface area (Å²) in [6, 6.07) is 3.98. The quantitative estimate of drug-likeness (QED) is 0.781.